The molecule has 6 heteroatoms. The van der Waals surface area contributed by atoms with E-state index in [0.717, 1.165) is 0 Å². The zero-order valence-corrected chi connectivity index (χ0v) is 10.3. The standard InChI is InChI=1S/C11H20O6/c1-3-16-10(13)9(11(14)17-4-2)5-7-15-8-6-12/h9,12H,3-8H2,1-2H3. The average Bonchev–Trinajstić information content (AvgIpc) is 2.29. The first kappa shape index (κ1) is 15.9. The molecule has 17 heavy (non-hydrogen) atoms. The monoisotopic (exact) mass is 248 g/mol. The third kappa shape index (κ3) is 6.91. The maximum atomic E-state index is 11.5. The SMILES string of the molecule is CCOC(=O)C(CCOCCO)C(=O)OCC. The largest absolute Gasteiger partial charge is 0.465 e. The van der Waals surface area contributed by atoms with E-state index in [0.29, 0.717) is 0 Å². The van der Waals surface area contributed by atoms with Gasteiger partial charge in [0.15, 0.2) is 5.92 Å². The van der Waals surface area contributed by atoms with Crippen molar-refractivity contribution in [3.8, 4) is 0 Å². The average molecular weight is 248 g/mol. The number of hydrogen-bond donors (Lipinski definition) is 1. The molecule has 0 radical (unpaired) electrons. The van der Waals surface area contributed by atoms with Crippen molar-refractivity contribution < 1.29 is 28.9 Å². The number of esters is 2. The van der Waals surface area contributed by atoms with Crippen LogP contribution in [0.1, 0.15) is 20.3 Å². The van der Waals surface area contributed by atoms with E-state index < -0.39 is 17.9 Å². The van der Waals surface area contributed by atoms with Crippen LogP contribution in [0.2, 0.25) is 0 Å². The first-order chi connectivity index (χ1) is 8.17. The van der Waals surface area contributed by atoms with Crippen LogP contribution in [0.25, 0.3) is 0 Å². The number of ether oxygens (including phenoxy) is 3. The molecule has 0 aromatic heterocycles. The molecule has 1 N–H and O–H groups in total. The van der Waals surface area contributed by atoms with Gasteiger partial charge in [-0.2, -0.15) is 0 Å². The Labute approximate surface area is 101 Å². The maximum absolute atomic E-state index is 11.5. The van der Waals surface area contributed by atoms with Crippen molar-refractivity contribution in [2.45, 2.75) is 20.3 Å². The van der Waals surface area contributed by atoms with Gasteiger partial charge in [0, 0.05) is 6.61 Å². The van der Waals surface area contributed by atoms with Crippen LogP contribution < -0.4 is 0 Å². The van der Waals surface area contributed by atoms with Crippen LogP contribution in [-0.2, 0) is 23.8 Å². The molecule has 0 atom stereocenters. The highest BCUT2D eigenvalue weighted by molar-refractivity contribution is 5.94. The Morgan fingerprint density at radius 3 is 2.00 bits per heavy atom. The number of hydrogen-bond acceptors (Lipinski definition) is 6. The number of aliphatic hydroxyl groups is 1. The number of aliphatic hydroxyl groups excluding tert-OH is 1. The molecule has 0 aromatic rings. The Morgan fingerprint density at radius 1 is 1.06 bits per heavy atom. The molecular formula is C11H20O6. The molecule has 0 saturated heterocycles. The summed E-state index contributed by atoms with van der Waals surface area (Å²) in [6.45, 7) is 4.05. The van der Waals surface area contributed by atoms with E-state index in [4.69, 9.17) is 19.3 Å². The lowest BCUT2D eigenvalue weighted by Crippen LogP contribution is -2.29. The van der Waals surface area contributed by atoms with Crippen LogP contribution in [0, 0.1) is 5.92 Å². The van der Waals surface area contributed by atoms with Gasteiger partial charge in [-0.25, -0.2) is 0 Å². The minimum atomic E-state index is -0.950. The van der Waals surface area contributed by atoms with E-state index >= 15 is 0 Å². The molecule has 0 unspecified atom stereocenters. The van der Waals surface area contributed by atoms with Gasteiger partial charge >= 0.3 is 11.9 Å². The lowest BCUT2D eigenvalue weighted by molar-refractivity contribution is -0.162. The number of carbonyl (C=O) groups excluding carboxylic acids is 2. The molecule has 0 saturated carbocycles. The van der Waals surface area contributed by atoms with Gasteiger partial charge in [0.05, 0.1) is 26.4 Å². The maximum Gasteiger partial charge on any atom is 0.320 e. The highest BCUT2D eigenvalue weighted by Gasteiger charge is 2.28. The Balaban J connectivity index is 4.19. The predicted molar refractivity (Wildman–Crippen MR) is 59.3 cm³/mol. The Bertz CT molecular complexity index is 210. The second-order valence-corrected chi connectivity index (χ2v) is 3.18. The predicted octanol–water partition coefficient (Wildman–Crippen LogP) is 0.128. The van der Waals surface area contributed by atoms with E-state index in [1.165, 1.54) is 0 Å². The van der Waals surface area contributed by atoms with Crippen LogP contribution in [0.4, 0.5) is 0 Å². The second kappa shape index (κ2) is 10.0. The van der Waals surface area contributed by atoms with Gasteiger partial charge in [-0.05, 0) is 20.3 Å². The Morgan fingerprint density at radius 2 is 1.59 bits per heavy atom. The van der Waals surface area contributed by atoms with Gasteiger partial charge in [-0.3, -0.25) is 9.59 Å². The van der Waals surface area contributed by atoms with E-state index in [2.05, 4.69) is 0 Å². The number of rotatable bonds is 9. The molecule has 0 aliphatic carbocycles. The van der Waals surface area contributed by atoms with Crippen molar-refractivity contribution >= 4 is 11.9 Å². The minimum Gasteiger partial charge on any atom is -0.465 e. The smallest absolute Gasteiger partial charge is 0.320 e. The van der Waals surface area contributed by atoms with E-state index in [-0.39, 0.29) is 39.5 Å². The molecule has 6 nitrogen and oxygen atoms in total. The van der Waals surface area contributed by atoms with Crippen LogP contribution in [0.3, 0.4) is 0 Å². The van der Waals surface area contributed by atoms with Gasteiger partial charge in [0.25, 0.3) is 0 Å². The molecule has 0 bridgehead atoms. The van der Waals surface area contributed by atoms with Crippen molar-refractivity contribution in [1.82, 2.24) is 0 Å². The molecule has 0 aliphatic heterocycles. The van der Waals surface area contributed by atoms with Crippen molar-refractivity contribution in [2.24, 2.45) is 5.92 Å². The highest BCUT2D eigenvalue weighted by Crippen LogP contribution is 2.09. The van der Waals surface area contributed by atoms with E-state index in [1.807, 2.05) is 0 Å². The molecule has 0 rings (SSSR count). The normalized spacial score (nSPS) is 10.4. The van der Waals surface area contributed by atoms with Gasteiger partial charge in [-0.15, -0.1) is 0 Å². The molecule has 0 heterocycles. The summed E-state index contributed by atoms with van der Waals surface area (Å²) < 4.78 is 14.6. The summed E-state index contributed by atoms with van der Waals surface area (Å²) in [5.74, 6) is -2.15. The zero-order valence-electron chi connectivity index (χ0n) is 10.3. The van der Waals surface area contributed by atoms with Crippen molar-refractivity contribution in [2.75, 3.05) is 33.0 Å². The van der Waals surface area contributed by atoms with E-state index in [9.17, 15) is 9.59 Å². The number of carbonyl (C=O) groups is 2. The summed E-state index contributed by atoms with van der Waals surface area (Å²) in [6.07, 6.45) is 0.192. The molecule has 0 aliphatic rings. The molecule has 0 spiro atoms. The minimum absolute atomic E-state index is 0.0938. The lowest BCUT2D eigenvalue weighted by Gasteiger charge is -2.14. The fourth-order valence-electron chi connectivity index (χ4n) is 1.19. The summed E-state index contributed by atoms with van der Waals surface area (Å²) >= 11 is 0. The molecule has 0 fully saturated rings. The van der Waals surface area contributed by atoms with E-state index in [1.54, 1.807) is 13.8 Å². The van der Waals surface area contributed by atoms with Crippen molar-refractivity contribution in [1.29, 1.82) is 0 Å². The summed E-state index contributed by atoms with van der Waals surface area (Å²) in [7, 11) is 0. The summed E-state index contributed by atoms with van der Waals surface area (Å²) in [5, 5.41) is 8.51. The van der Waals surface area contributed by atoms with Gasteiger partial charge in [0.1, 0.15) is 0 Å². The van der Waals surface area contributed by atoms with Crippen LogP contribution in [0.15, 0.2) is 0 Å². The quantitative estimate of drug-likeness (QED) is 0.355. The highest BCUT2D eigenvalue weighted by atomic mass is 16.6. The third-order valence-electron chi connectivity index (χ3n) is 1.93. The fourth-order valence-corrected chi connectivity index (χ4v) is 1.19. The lowest BCUT2D eigenvalue weighted by atomic mass is 10.1. The zero-order chi connectivity index (χ0) is 13.1. The van der Waals surface area contributed by atoms with Crippen molar-refractivity contribution in [3.05, 3.63) is 0 Å². The van der Waals surface area contributed by atoms with Crippen LogP contribution in [-0.4, -0.2) is 50.1 Å². The Kier molecular flexibility index (Phi) is 9.37. The summed E-state index contributed by atoms with van der Waals surface area (Å²) in [6, 6.07) is 0. The third-order valence-corrected chi connectivity index (χ3v) is 1.93. The molecule has 0 aromatic carbocycles. The van der Waals surface area contributed by atoms with Crippen LogP contribution >= 0.6 is 0 Å². The van der Waals surface area contributed by atoms with Crippen LogP contribution in [0.5, 0.6) is 0 Å². The molecule has 100 valence electrons. The molecule has 0 amide bonds. The Hall–Kier alpha value is -1.14. The van der Waals surface area contributed by atoms with Gasteiger partial charge in [-0.1, -0.05) is 0 Å². The fraction of sp³-hybridized carbons (Fsp3) is 0.818. The first-order valence-electron chi connectivity index (χ1n) is 5.69. The summed E-state index contributed by atoms with van der Waals surface area (Å²) in [4.78, 5) is 23.0. The summed E-state index contributed by atoms with van der Waals surface area (Å²) in [5.41, 5.74) is 0. The van der Waals surface area contributed by atoms with Gasteiger partial charge < -0.3 is 19.3 Å². The topological polar surface area (TPSA) is 82.1 Å². The van der Waals surface area contributed by atoms with Gasteiger partial charge in [0.2, 0.25) is 0 Å². The van der Waals surface area contributed by atoms with Crippen molar-refractivity contribution in [3.63, 3.8) is 0 Å². The molecular weight excluding hydrogens is 228 g/mol. The second-order valence-electron chi connectivity index (χ2n) is 3.18. The first-order valence-corrected chi connectivity index (χ1v) is 5.69.